The predicted molar refractivity (Wildman–Crippen MR) is 130 cm³/mol. The molecule has 0 aliphatic carbocycles. The van der Waals surface area contributed by atoms with Crippen molar-refractivity contribution < 1.29 is 28.4 Å². The minimum absolute atomic E-state index is 0.518. The lowest BCUT2D eigenvalue weighted by molar-refractivity contribution is 0.0309. The van der Waals surface area contributed by atoms with Gasteiger partial charge in [-0.25, -0.2) is 0 Å². The van der Waals surface area contributed by atoms with Crippen molar-refractivity contribution in [1.29, 1.82) is 0 Å². The van der Waals surface area contributed by atoms with Crippen LogP contribution in [0.1, 0.15) is 51.7 Å². The van der Waals surface area contributed by atoms with Crippen LogP contribution in [0.4, 0.5) is 0 Å². The molecule has 0 N–H and O–H groups in total. The Labute approximate surface area is 194 Å². The number of hydrogen-bond acceptors (Lipinski definition) is 6. The summed E-state index contributed by atoms with van der Waals surface area (Å²) < 4.78 is 33.0. The van der Waals surface area contributed by atoms with E-state index in [1.165, 1.54) is 0 Å². The van der Waals surface area contributed by atoms with Crippen molar-refractivity contribution in [3.8, 4) is 0 Å². The second kappa shape index (κ2) is 19.8. The zero-order chi connectivity index (χ0) is 23.3. The maximum atomic E-state index is 5.62. The number of ether oxygens (including phenoxy) is 6. The summed E-state index contributed by atoms with van der Waals surface area (Å²) >= 11 is 0. The average molecular weight is 451 g/mol. The molecule has 0 atom stereocenters. The van der Waals surface area contributed by atoms with E-state index in [9.17, 15) is 0 Å². The first kappa shape index (κ1) is 28.2. The van der Waals surface area contributed by atoms with Crippen LogP contribution < -0.4 is 0 Å². The Bertz CT molecular complexity index is 590. The van der Waals surface area contributed by atoms with Gasteiger partial charge in [-0.2, -0.15) is 0 Å². The van der Waals surface area contributed by atoms with Gasteiger partial charge in [-0.3, -0.25) is 0 Å². The van der Waals surface area contributed by atoms with Gasteiger partial charge in [0.25, 0.3) is 0 Å². The van der Waals surface area contributed by atoms with Crippen molar-refractivity contribution in [1.82, 2.24) is 0 Å². The molecule has 0 saturated heterocycles. The Balaban J connectivity index is 2.29. The number of allylic oxidation sites excluding steroid dienone is 2. The fourth-order valence-electron chi connectivity index (χ4n) is 2.66. The lowest BCUT2D eigenvalue weighted by Gasteiger charge is -2.09. The van der Waals surface area contributed by atoms with Crippen LogP contribution in [0.15, 0.2) is 36.8 Å². The van der Waals surface area contributed by atoms with Gasteiger partial charge in [-0.15, -0.1) is 0 Å². The van der Waals surface area contributed by atoms with Crippen LogP contribution in [-0.4, -0.2) is 66.1 Å². The Kier molecular flexibility index (Phi) is 17.4. The quantitative estimate of drug-likeness (QED) is 0.198. The summed E-state index contributed by atoms with van der Waals surface area (Å²) in [5, 5.41) is 0. The molecule has 0 amide bonds. The van der Waals surface area contributed by atoms with E-state index < -0.39 is 0 Å². The molecule has 6 heteroatoms. The molecule has 0 unspecified atom stereocenters. The highest BCUT2D eigenvalue weighted by molar-refractivity contribution is 5.70. The summed E-state index contributed by atoms with van der Waals surface area (Å²) in [4.78, 5) is 0. The molecule has 0 heterocycles. The van der Waals surface area contributed by atoms with Gasteiger partial charge in [0.2, 0.25) is 0 Å². The summed E-state index contributed by atoms with van der Waals surface area (Å²) in [5.74, 6) is 0. The standard InChI is InChI=1S/C26H42O6/c1-5-10-27-12-14-29-16-18-31-21-23(3)25-8-7-9-26(20-25)24(4)22-32-19-17-30-15-13-28-11-6-2/h7-9,20-22H,5-6,10-19H2,1-4H3/b23-21+,24-22+. The third-order valence-electron chi connectivity index (χ3n) is 4.43. The Hall–Kier alpha value is -1.86. The Morgan fingerprint density at radius 1 is 0.594 bits per heavy atom. The van der Waals surface area contributed by atoms with E-state index in [4.69, 9.17) is 28.4 Å². The van der Waals surface area contributed by atoms with Gasteiger partial charge < -0.3 is 28.4 Å². The van der Waals surface area contributed by atoms with Crippen LogP contribution in [0.5, 0.6) is 0 Å². The molecule has 1 aromatic carbocycles. The van der Waals surface area contributed by atoms with E-state index in [1.807, 2.05) is 19.9 Å². The van der Waals surface area contributed by atoms with Crippen molar-refractivity contribution in [3.63, 3.8) is 0 Å². The van der Waals surface area contributed by atoms with E-state index in [0.717, 1.165) is 48.3 Å². The molecule has 0 bridgehead atoms. The minimum Gasteiger partial charge on any atom is -0.498 e. The van der Waals surface area contributed by atoms with E-state index in [-0.39, 0.29) is 0 Å². The van der Waals surface area contributed by atoms with E-state index in [2.05, 4.69) is 32.0 Å². The highest BCUT2D eigenvalue weighted by Crippen LogP contribution is 2.20. The van der Waals surface area contributed by atoms with Gasteiger partial charge in [0.05, 0.1) is 52.2 Å². The van der Waals surface area contributed by atoms with Crippen molar-refractivity contribution in [3.05, 3.63) is 47.9 Å². The summed E-state index contributed by atoms with van der Waals surface area (Å²) in [6.45, 7) is 14.4. The molecule has 1 rings (SSSR count). The molecule has 0 aliphatic rings. The fraction of sp³-hybridized carbons (Fsp3) is 0.615. The second-order valence-corrected chi connectivity index (χ2v) is 7.37. The maximum absolute atomic E-state index is 5.62. The van der Waals surface area contributed by atoms with Crippen molar-refractivity contribution in [2.45, 2.75) is 40.5 Å². The molecule has 32 heavy (non-hydrogen) atoms. The average Bonchev–Trinajstić information content (AvgIpc) is 2.81. The van der Waals surface area contributed by atoms with Crippen molar-refractivity contribution in [2.75, 3.05) is 66.1 Å². The van der Waals surface area contributed by atoms with Gasteiger partial charge >= 0.3 is 0 Å². The lowest BCUT2D eigenvalue weighted by atomic mass is 10.0. The zero-order valence-electron chi connectivity index (χ0n) is 20.4. The minimum atomic E-state index is 0.518. The molecule has 0 aromatic heterocycles. The summed E-state index contributed by atoms with van der Waals surface area (Å²) in [6.07, 6.45) is 5.63. The largest absolute Gasteiger partial charge is 0.498 e. The molecule has 0 saturated carbocycles. The number of rotatable bonds is 20. The Morgan fingerprint density at radius 2 is 0.969 bits per heavy atom. The van der Waals surface area contributed by atoms with Crippen LogP contribution in [0, 0.1) is 0 Å². The number of benzene rings is 1. The molecule has 6 nitrogen and oxygen atoms in total. The van der Waals surface area contributed by atoms with E-state index in [0.29, 0.717) is 52.9 Å². The van der Waals surface area contributed by atoms with Gasteiger partial charge in [-0.05, 0) is 55.0 Å². The molecule has 0 spiro atoms. The Morgan fingerprint density at radius 3 is 1.38 bits per heavy atom. The summed E-state index contributed by atoms with van der Waals surface area (Å²) in [7, 11) is 0. The second-order valence-electron chi connectivity index (χ2n) is 7.37. The highest BCUT2D eigenvalue weighted by Gasteiger charge is 2.01. The molecule has 182 valence electrons. The van der Waals surface area contributed by atoms with Gasteiger partial charge in [-0.1, -0.05) is 32.0 Å². The third-order valence-corrected chi connectivity index (χ3v) is 4.43. The monoisotopic (exact) mass is 450 g/mol. The first-order valence-electron chi connectivity index (χ1n) is 11.7. The van der Waals surface area contributed by atoms with Crippen LogP contribution in [0.2, 0.25) is 0 Å². The highest BCUT2D eigenvalue weighted by atomic mass is 16.5. The molecule has 1 aromatic rings. The molecular weight excluding hydrogens is 408 g/mol. The van der Waals surface area contributed by atoms with Crippen LogP contribution in [-0.2, 0) is 28.4 Å². The smallest absolute Gasteiger partial charge is 0.111 e. The predicted octanol–water partition coefficient (Wildman–Crippen LogP) is 5.33. The fourth-order valence-corrected chi connectivity index (χ4v) is 2.66. The first-order chi connectivity index (χ1) is 15.7. The first-order valence-corrected chi connectivity index (χ1v) is 11.7. The number of hydrogen-bond donors (Lipinski definition) is 0. The normalized spacial score (nSPS) is 12.2. The molecule has 0 aliphatic heterocycles. The SMILES string of the molecule is CCCOCCOCCO/C=C(\C)c1cccc(/C(C)=C/OCCOCCOCCC)c1. The summed E-state index contributed by atoms with van der Waals surface area (Å²) in [5.41, 5.74) is 4.34. The van der Waals surface area contributed by atoms with Gasteiger partial charge in [0, 0.05) is 13.2 Å². The van der Waals surface area contributed by atoms with Crippen LogP contribution >= 0.6 is 0 Å². The lowest BCUT2D eigenvalue weighted by Crippen LogP contribution is -2.08. The molecule has 0 fully saturated rings. The van der Waals surface area contributed by atoms with Crippen LogP contribution in [0.3, 0.4) is 0 Å². The summed E-state index contributed by atoms with van der Waals surface area (Å²) in [6, 6.07) is 8.32. The molecular formula is C26H42O6. The molecule has 0 radical (unpaired) electrons. The van der Waals surface area contributed by atoms with Gasteiger partial charge in [0.15, 0.2) is 0 Å². The topological polar surface area (TPSA) is 55.4 Å². The van der Waals surface area contributed by atoms with Crippen molar-refractivity contribution >= 4 is 11.1 Å². The van der Waals surface area contributed by atoms with Gasteiger partial charge in [0.1, 0.15) is 13.2 Å². The van der Waals surface area contributed by atoms with Crippen molar-refractivity contribution in [2.24, 2.45) is 0 Å². The van der Waals surface area contributed by atoms with E-state index in [1.54, 1.807) is 12.5 Å². The zero-order valence-corrected chi connectivity index (χ0v) is 20.4. The van der Waals surface area contributed by atoms with Crippen LogP contribution in [0.25, 0.3) is 11.1 Å². The maximum Gasteiger partial charge on any atom is 0.111 e. The van der Waals surface area contributed by atoms with E-state index >= 15 is 0 Å². The third kappa shape index (κ3) is 14.2.